The molecule has 0 bridgehead atoms. The minimum absolute atomic E-state index is 0.0299. The van der Waals surface area contributed by atoms with Crippen molar-refractivity contribution in [2.75, 3.05) is 31.9 Å². The van der Waals surface area contributed by atoms with E-state index < -0.39 is 10.0 Å². The van der Waals surface area contributed by atoms with Gasteiger partial charge in [-0.15, -0.1) is 0 Å². The summed E-state index contributed by atoms with van der Waals surface area (Å²) >= 11 is 0. The van der Waals surface area contributed by atoms with Crippen LogP contribution in [0.1, 0.15) is 48.8 Å². The molecule has 0 aliphatic carbocycles. The Morgan fingerprint density at radius 3 is 2.18 bits per heavy atom. The van der Waals surface area contributed by atoms with Gasteiger partial charge < -0.3 is 5.32 Å². The first-order valence-corrected chi connectivity index (χ1v) is 14.2. The molecule has 0 unspecified atom stereocenters. The monoisotopic (exact) mass is 483 g/mol. The van der Waals surface area contributed by atoms with Crippen molar-refractivity contribution >= 4 is 15.9 Å². The van der Waals surface area contributed by atoms with Crippen molar-refractivity contribution in [2.24, 2.45) is 5.92 Å². The predicted octanol–water partition coefficient (Wildman–Crippen LogP) is 3.57. The zero-order valence-corrected chi connectivity index (χ0v) is 20.8. The molecule has 0 radical (unpaired) electrons. The van der Waals surface area contributed by atoms with Crippen molar-refractivity contribution in [1.29, 1.82) is 0 Å². The predicted molar refractivity (Wildman–Crippen MR) is 136 cm³/mol. The SMILES string of the molecule is O=C(NCc1ccc(CN2CCCC2)cc1)C1CCN(S(=O)(=O)CCCc2ccccc2)CC1. The van der Waals surface area contributed by atoms with Gasteiger partial charge in [0, 0.05) is 32.1 Å². The maximum absolute atomic E-state index is 12.7. The molecule has 4 rings (SSSR count). The molecule has 1 N–H and O–H groups in total. The highest BCUT2D eigenvalue weighted by atomic mass is 32.2. The molecule has 34 heavy (non-hydrogen) atoms. The number of hydrogen-bond acceptors (Lipinski definition) is 4. The first-order chi connectivity index (χ1) is 16.5. The van der Waals surface area contributed by atoms with Crippen LogP contribution < -0.4 is 5.32 Å². The van der Waals surface area contributed by atoms with E-state index >= 15 is 0 Å². The minimum atomic E-state index is -3.27. The third kappa shape index (κ3) is 7.14. The number of piperidine rings is 1. The lowest BCUT2D eigenvalue weighted by Crippen LogP contribution is -2.43. The highest BCUT2D eigenvalue weighted by Gasteiger charge is 2.30. The van der Waals surface area contributed by atoms with Crippen LogP contribution in [0.25, 0.3) is 0 Å². The molecule has 2 aliphatic heterocycles. The normalized spacial score (nSPS) is 18.2. The number of carbonyl (C=O) groups is 1. The van der Waals surface area contributed by atoms with Crippen LogP contribution in [0, 0.1) is 5.92 Å². The van der Waals surface area contributed by atoms with Crippen molar-refractivity contribution in [3.8, 4) is 0 Å². The molecule has 2 aromatic carbocycles. The molecule has 2 aliphatic rings. The lowest BCUT2D eigenvalue weighted by Gasteiger charge is -2.30. The number of sulfonamides is 1. The van der Waals surface area contributed by atoms with Crippen molar-refractivity contribution in [1.82, 2.24) is 14.5 Å². The number of rotatable bonds is 10. The lowest BCUT2D eigenvalue weighted by atomic mass is 9.97. The molecule has 6 nitrogen and oxygen atoms in total. The van der Waals surface area contributed by atoms with E-state index in [0.717, 1.165) is 24.1 Å². The van der Waals surface area contributed by atoms with Crippen LogP contribution in [-0.4, -0.2) is 55.5 Å². The van der Waals surface area contributed by atoms with E-state index in [1.54, 1.807) is 4.31 Å². The molecular weight excluding hydrogens is 446 g/mol. The van der Waals surface area contributed by atoms with Crippen LogP contribution in [0.15, 0.2) is 54.6 Å². The Bertz CT molecular complexity index is 1010. The van der Waals surface area contributed by atoms with Crippen LogP contribution in [0.3, 0.4) is 0 Å². The second kappa shape index (κ2) is 12.0. The van der Waals surface area contributed by atoms with Gasteiger partial charge in [0.2, 0.25) is 15.9 Å². The van der Waals surface area contributed by atoms with Gasteiger partial charge in [0.05, 0.1) is 5.75 Å². The summed E-state index contributed by atoms with van der Waals surface area (Å²) in [6, 6.07) is 18.5. The van der Waals surface area contributed by atoms with E-state index in [0.29, 0.717) is 38.9 Å². The van der Waals surface area contributed by atoms with Crippen LogP contribution in [0.4, 0.5) is 0 Å². The van der Waals surface area contributed by atoms with Gasteiger partial charge in [-0.3, -0.25) is 9.69 Å². The van der Waals surface area contributed by atoms with Crippen molar-refractivity contribution in [3.63, 3.8) is 0 Å². The Hall–Kier alpha value is -2.22. The third-order valence-electron chi connectivity index (χ3n) is 7.02. The van der Waals surface area contributed by atoms with Crippen LogP contribution >= 0.6 is 0 Å². The second-order valence-corrected chi connectivity index (χ2v) is 11.7. The average Bonchev–Trinajstić information content (AvgIpc) is 3.37. The molecule has 7 heteroatoms. The van der Waals surface area contributed by atoms with Gasteiger partial charge in [-0.25, -0.2) is 12.7 Å². The molecule has 0 saturated carbocycles. The van der Waals surface area contributed by atoms with Crippen molar-refractivity contribution in [3.05, 3.63) is 71.3 Å². The number of amides is 1. The summed E-state index contributed by atoms with van der Waals surface area (Å²) in [6.07, 6.45) is 5.13. The third-order valence-corrected chi connectivity index (χ3v) is 8.98. The molecule has 0 spiro atoms. The summed E-state index contributed by atoms with van der Waals surface area (Å²) in [5, 5.41) is 3.05. The van der Waals surface area contributed by atoms with E-state index in [9.17, 15) is 13.2 Å². The van der Waals surface area contributed by atoms with Gasteiger partial charge in [0.15, 0.2) is 0 Å². The fraction of sp³-hybridized carbons (Fsp3) is 0.519. The number of hydrogen-bond donors (Lipinski definition) is 1. The van der Waals surface area contributed by atoms with Gasteiger partial charge in [-0.1, -0.05) is 54.6 Å². The topological polar surface area (TPSA) is 69.7 Å². The first kappa shape index (κ1) is 24.9. The highest BCUT2D eigenvalue weighted by Crippen LogP contribution is 2.21. The Morgan fingerprint density at radius 2 is 1.50 bits per heavy atom. The second-order valence-electron chi connectivity index (χ2n) is 9.60. The molecular formula is C27H37N3O3S. The fourth-order valence-corrected chi connectivity index (χ4v) is 6.46. The summed E-state index contributed by atoms with van der Waals surface area (Å²) < 4.78 is 27.0. The van der Waals surface area contributed by atoms with Crippen LogP contribution in [-0.2, 0) is 34.3 Å². The van der Waals surface area contributed by atoms with E-state index in [1.807, 2.05) is 30.3 Å². The van der Waals surface area contributed by atoms with E-state index in [4.69, 9.17) is 0 Å². The highest BCUT2D eigenvalue weighted by molar-refractivity contribution is 7.89. The van der Waals surface area contributed by atoms with E-state index in [-0.39, 0.29) is 17.6 Å². The van der Waals surface area contributed by atoms with Gasteiger partial charge in [0.1, 0.15) is 0 Å². The quantitative estimate of drug-likeness (QED) is 0.561. The summed E-state index contributed by atoms with van der Waals surface area (Å²) in [4.78, 5) is 15.1. The van der Waals surface area contributed by atoms with Gasteiger partial charge in [-0.05, 0) is 68.3 Å². The number of nitrogens with zero attached hydrogens (tertiary/aromatic N) is 2. The zero-order valence-electron chi connectivity index (χ0n) is 20.0. The van der Waals surface area contributed by atoms with Crippen LogP contribution in [0.2, 0.25) is 0 Å². The number of aryl methyl sites for hydroxylation is 1. The van der Waals surface area contributed by atoms with Gasteiger partial charge >= 0.3 is 0 Å². The number of nitrogens with one attached hydrogen (secondary N) is 1. The Balaban J connectivity index is 1.16. The summed E-state index contributed by atoms with van der Waals surface area (Å²) in [7, 11) is -3.27. The number of carbonyl (C=O) groups excluding carboxylic acids is 1. The van der Waals surface area contributed by atoms with Crippen LogP contribution in [0.5, 0.6) is 0 Å². The van der Waals surface area contributed by atoms with Crippen molar-refractivity contribution in [2.45, 2.75) is 51.6 Å². The Kier molecular flexibility index (Phi) is 8.75. The lowest BCUT2D eigenvalue weighted by molar-refractivity contribution is -0.126. The standard InChI is InChI=1S/C27H37N3O3S/c31-27(28-21-24-10-12-25(13-11-24)22-29-16-4-5-17-29)26-14-18-30(19-15-26)34(32,33)20-6-9-23-7-2-1-3-8-23/h1-3,7-8,10-13,26H,4-6,9,14-22H2,(H,28,31). The maximum atomic E-state index is 12.7. The molecule has 2 saturated heterocycles. The molecule has 0 aromatic heterocycles. The maximum Gasteiger partial charge on any atom is 0.223 e. The zero-order chi connectivity index (χ0) is 23.8. The largest absolute Gasteiger partial charge is 0.352 e. The Labute approximate surface area is 204 Å². The number of likely N-dealkylation sites (tertiary alicyclic amines) is 1. The molecule has 184 valence electrons. The van der Waals surface area contributed by atoms with E-state index in [1.165, 1.54) is 31.5 Å². The molecule has 2 aromatic rings. The average molecular weight is 484 g/mol. The van der Waals surface area contributed by atoms with Gasteiger partial charge in [0.25, 0.3) is 0 Å². The summed E-state index contributed by atoms with van der Waals surface area (Å²) in [5.41, 5.74) is 3.57. The fourth-order valence-electron chi connectivity index (χ4n) is 4.92. The molecule has 2 fully saturated rings. The molecule has 1 amide bonds. The van der Waals surface area contributed by atoms with E-state index in [2.05, 4.69) is 34.5 Å². The molecule has 2 heterocycles. The summed E-state index contributed by atoms with van der Waals surface area (Å²) in [5.74, 6) is 0.0689. The Morgan fingerprint density at radius 1 is 0.853 bits per heavy atom. The van der Waals surface area contributed by atoms with Gasteiger partial charge in [-0.2, -0.15) is 0 Å². The number of benzene rings is 2. The smallest absolute Gasteiger partial charge is 0.223 e. The minimum Gasteiger partial charge on any atom is -0.352 e. The first-order valence-electron chi connectivity index (χ1n) is 12.6. The molecule has 0 atom stereocenters. The van der Waals surface area contributed by atoms with Crippen molar-refractivity contribution < 1.29 is 13.2 Å². The summed E-state index contributed by atoms with van der Waals surface area (Å²) in [6.45, 7) is 4.74.